The lowest BCUT2D eigenvalue weighted by atomic mass is 9.98. The molecule has 1 saturated carbocycles. The van der Waals surface area contributed by atoms with Crippen molar-refractivity contribution in [3.8, 4) is 39.1 Å². The second-order valence-electron chi connectivity index (χ2n) is 9.22. The lowest BCUT2D eigenvalue weighted by molar-refractivity contribution is 0.154. The van der Waals surface area contributed by atoms with Gasteiger partial charge in [0.05, 0.1) is 40.1 Å². The van der Waals surface area contributed by atoms with Gasteiger partial charge in [-0.2, -0.15) is 9.49 Å². The van der Waals surface area contributed by atoms with E-state index in [0.29, 0.717) is 22.7 Å². The number of aromatic nitrogens is 7. The van der Waals surface area contributed by atoms with Crippen LogP contribution in [0.1, 0.15) is 32.1 Å². The Kier molecular flexibility index (Phi) is 5.39. The molecule has 184 valence electrons. The molecule has 2 N–H and O–H groups in total. The van der Waals surface area contributed by atoms with Gasteiger partial charge in [-0.25, -0.2) is 4.98 Å². The maximum atomic E-state index is 13.7. The van der Waals surface area contributed by atoms with E-state index in [1.54, 1.807) is 30.9 Å². The van der Waals surface area contributed by atoms with E-state index < -0.39 is 0 Å². The average Bonchev–Trinajstić information content (AvgIpc) is 3.66. The summed E-state index contributed by atoms with van der Waals surface area (Å²) in [4.78, 5) is 22.4. The molecule has 7 rings (SSSR count). The molecule has 37 heavy (non-hydrogen) atoms. The highest BCUT2D eigenvalue weighted by atomic mass is 32.1. The summed E-state index contributed by atoms with van der Waals surface area (Å²) >= 11 is 1.05. The molecule has 0 spiro atoms. The predicted octanol–water partition coefficient (Wildman–Crippen LogP) is 6.54. The van der Waals surface area contributed by atoms with Crippen LogP contribution in [0.3, 0.4) is 0 Å². The van der Waals surface area contributed by atoms with Crippen molar-refractivity contribution < 1.29 is 9.13 Å². The lowest BCUT2D eigenvalue weighted by Crippen LogP contribution is -2.19. The SMILES string of the molecule is Fc1ccc(-c2nccc3[nH]c(-c4n[nH]c5cnc(-c6cncc(OC7CCCCC7)c6)cc45)nc23)s1. The van der Waals surface area contributed by atoms with Crippen molar-refractivity contribution in [1.82, 2.24) is 35.1 Å². The quantitative estimate of drug-likeness (QED) is 0.272. The van der Waals surface area contributed by atoms with E-state index >= 15 is 0 Å². The number of pyridine rings is 3. The van der Waals surface area contributed by atoms with Crippen LogP contribution in [0.4, 0.5) is 4.39 Å². The van der Waals surface area contributed by atoms with Crippen LogP contribution >= 0.6 is 11.3 Å². The third-order valence-corrected chi connectivity index (χ3v) is 7.62. The number of hydrogen-bond acceptors (Lipinski definition) is 7. The monoisotopic (exact) mass is 511 g/mol. The van der Waals surface area contributed by atoms with Crippen molar-refractivity contribution >= 4 is 33.3 Å². The van der Waals surface area contributed by atoms with Crippen LogP contribution in [0.5, 0.6) is 5.75 Å². The Labute approximate surface area is 215 Å². The first-order valence-corrected chi connectivity index (χ1v) is 13.1. The van der Waals surface area contributed by atoms with Crippen LogP contribution in [0, 0.1) is 5.13 Å². The number of hydrogen-bond donors (Lipinski definition) is 2. The molecule has 0 atom stereocenters. The van der Waals surface area contributed by atoms with Gasteiger partial charge in [-0.3, -0.25) is 20.1 Å². The van der Waals surface area contributed by atoms with Crippen LogP contribution in [-0.2, 0) is 0 Å². The Hall–Kier alpha value is -4.18. The number of rotatable bonds is 5. The van der Waals surface area contributed by atoms with E-state index in [1.165, 1.54) is 25.3 Å². The van der Waals surface area contributed by atoms with Gasteiger partial charge in [0.25, 0.3) is 0 Å². The molecule has 0 saturated heterocycles. The molecule has 1 aliphatic rings. The second-order valence-corrected chi connectivity index (χ2v) is 10.3. The molecule has 6 heterocycles. The molecule has 0 amide bonds. The predicted molar refractivity (Wildman–Crippen MR) is 141 cm³/mol. The summed E-state index contributed by atoms with van der Waals surface area (Å²) in [6, 6.07) is 8.99. The summed E-state index contributed by atoms with van der Waals surface area (Å²) in [7, 11) is 0. The highest BCUT2D eigenvalue weighted by Crippen LogP contribution is 2.34. The Balaban J connectivity index is 1.26. The van der Waals surface area contributed by atoms with Gasteiger partial charge < -0.3 is 9.72 Å². The van der Waals surface area contributed by atoms with Gasteiger partial charge >= 0.3 is 0 Å². The van der Waals surface area contributed by atoms with Crippen LogP contribution < -0.4 is 4.74 Å². The Bertz CT molecular complexity index is 1730. The number of imidazole rings is 1. The zero-order chi connectivity index (χ0) is 24.8. The summed E-state index contributed by atoms with van der Waals surface area (Å²) in [6.07, 6.45) is 13.1. The Morgan fingerprint density at radius 2 is 1.86 bits per heavy atom. The van der Waals surface area contributed by atoms with Crippen molar-refractivity contribution in [1.29, 1.82) is 0 Å². The van der Waals surface area contributed by atoms with Crippen LogP contribution in [-0.4, -0.2) is 41.2 Å². The minimum absolute atomic E-state index is 0.250. The number of nitrogens with zero attached hydrogens (tertiary/aromatic N) is 5. The van der Waals surface area contributed by atoms with Crippen LogP contribution in [0.2, 0.25) is 0 Å². The summed E-state index contributed by atoms with van der Waals surface area (Å²) in [5.74, 6) is 1.36. The van der Waals surface area contributed by atoms with Gasteiger partial charge in [-0.1, -0.05) is 6.42 Å². The summed E-state index contributed by atoms with van der Waals surface area (Å²) in [5.41, 5.74) is 5.21. The highest BCUT2D eigenvalue weighted by molar-refractivity contribution is 7.13. The van der Waals surface area contributed by atoms with Gasteiger partial charge in [0.15, 0.2) is 11.0 Å². The lowest BCUT2D eigenvalue weighted by Gasteiger charge is -2.22. The number of halogens is 1. The van der Waals surface area contributed by atoms with Gasteiger partial charge in [-0.05, 0) is 56.0 Å². The maximum absolute atomic E-state index is 13.7. The Morgan fingerprint density at radius 1 is 0.946 bits per heavy atom. The fraction of sp³-hybridized carbons (Fsp3) is 0.222. The second kappa shape index (κ2) is 9.04. The van der Waals surface area contributed by atoms with E-state index in [2.05, 4.69) is 30.1 Å². The normalized spacial score (nSPS) is 14.5. The molecule has 0 bridgehead atoms. The minimum Gasteiger partial charge on any atom is -0.489 e. The van der Waals surface area contributed by atoms with Crippen molar-refractivity contribution in [3.63, 3.8) is 0 Å². The number of ether oxygens (including phenoxy) is 1. The van der Waals surface area contributed by atoms with Gasteiger partial charge in [0, 0.05) is 23.3 Å². The van der Waals surface area contributed by atoms with Crippen molar-refractivity contribution in [2.45, 2.75) is 38.2 Å². The highest BCUT2D eigenvalue weighted by Gasteiger charge is 2.19. The molecular weight excluding hydrogens is 489 g/mol. The molecule has 0 aliphatic heterocycles. The van der Waals surface area contributed by atoms with Gasteiger partial charge in [0.1, 0.15) is 22.7 Å². The Morgan fingerprint density at radius 3 is 2.73 bits per heavy atom. The number of fused-ring (bicyclic) bond motifs is 2. The van der Waals surface area contributed by atoms with Gasteiger partial charge in [0.2, 0.25) is 0 Å². The molecule has 8 nitrogen and oxygen atoms in total. The van der Waals surface area contributed by atoms with Crippen molar-refractivity contribution in [3.05, 3.63) is 60.3 Å². The third kappa shape index (κ3) is 4.13. The van der Waals surface area contributed by atoms with Crippen molar-refractivity contribution in [2.75, 3.05) is 0 Å². The van der Waals surface area contributed by atoms with E-state index in [4.69, 9.17) is 9.72 Å². The average molecular weight is 512 g/mol. The smallest absolute Gasteiger partial charge is 0.177 e. The van der Waals surface area contributed by atoms with E-state index in [-0.39, 0.29) is 11.2 Å². The zero-order valence-electron chi connectivity index (χ0n) is 19.7. The first-order chi connectivity index (χ1) is 18.2. The molecular formula is C27H22FN7OS. The maximum Gasteiger partial charge on any atom is 0.177 e. The standard InChI is InChI=1S/C27H22FN7OS/c28-23-7-6-22(37-23)26-25-19(8-9-30-26)32-27(33-25)24-18-11-20(31-14-21(18)34-35-24)15-10-17(13-29-12-15)36-16-4-2-1-3-5-16/h6-14,16H,1-5H2,(H,32,33)(H,34,35). The third-order valence-electron chi connectivity index (χ3n) is 6.74. The minimum atomic E-state index is -0.259. The van der Waals surface area contributed by atoms with Crippen LogP contribution in [0.15, 0.2) is 55.1 Å². The number of thiophene rings is 1. The number of aromatic amines is 2. The zero-order valence-corrected chi connectivity index (χ0v) is 20.6. The first-order valence-electron chi connectivity index (χ1n) is 12.3. The van der Waals surface area contributed by atoms with E-state index in [9.17, 15) is 4.39 Å². The molecule has 6 aromatic rings. The first kappa shape index (κ1) is 22.1. The van der Waals surface area contributed by atoms with E-state index in [0.717, 1.165) is 62.5 Å². The number of nitrogens with one attached hydrogen (secondary N) is 2. The fourth-order valence-corrected chi connectivity index (χ4v) is 5.65. The van der Waals surface area contributed by atoms with Crippen molar-refractivity contribution in [2.24, 2.45) is 0 Å². The molecule has 10 heteroatoms. The van der Waals surface area contributed by atoms with E-state index in [1.807, 2.05) is 18.2 Å². The fourth-order valence-electron chi connectivity index (χ4n) is 4.92. The molecule has 0 aromatic carbocycles. The molecule has 6 aromatic heterocycles. The summed E-state index contributed by atoms with van der Waals surface area (Å²) in [5, 5.41) is 8.18. The van der Waals surface area contributed by atoms with Gasteiger partial charge in [-0.15, -0.1) is 11.3 Å². The molecule has 0 radical (unpaired) electrons. The topological polar surface area (TPSA) is 105 Å². The molecule has 0 unspecified atom stereocenters. The van der Waals surface area contributed by atoms with Crippen LogP contribution in [0.25, 0.3) is 55.3 Å². The summed E-state index contributed by atoms with van der Waals surface area (Å²) in [6.45, 7) is 0. The number of H-pyrrole nitrogens is 2. The molecule has 1 fully saturated rings. The summed E-state index contributed by atoms with van der Waals surface area (Å²) < 4.78 is 19.9. The molecule has 1 aliphatic carbocycles. The largest absolute Gasteiger partial charge is 0.489 e.